The molecular weight excluding hydrogens is 678 g/mol. The molecule has 0 bridgehead atoms. The SMILES string of the molecule is CCOC(=O)C1=C(c2ccccc2)N=c2s/c(=C3\C(=O)N(Cc4ccccc4)c4ccc(Br)cc43)c(=O)n2[C@@H]1c1cccc(OC)c1. The third-order valence-electron chi connectivity index (χ3n) is 8.15. The molecule has 1 atom stereocenters. The minimum absolute atomic E-state index is 0.140. The number of carbonyl (C=O) groups is 2. The topological polar surface area (TPSA) is 90.2 Å². The van der Waals surface area contributed by atoms with E-state index >= 15 is 0 Å². The summed E-state index contributed by atoms with van der Waals surface area (Å²) in [6.45, 7) is 2.22. The van der Waals surface area contributed by atoms with Crippen LogP contribution in [0.4, 0.5) is 5.69 Å². The van der Waals surface area contributed by atoms with E-state index in [-0.39, 0.29) is 22.6 Å². The standard InChI is InChI=1S/C37H28BrN3O5S/c1-3-46-36(44)30-31(23-13-8-5-9-14-23)39-37-41(32(30)24-15-10-16-26(19-24)45-2)35(43)33(47-37)29-27-20-25(38)17-18-28(27)40(34(29)42)21-22-11-6-4-7-12-22/h4-20,32H,3,21H2,1-2H3/b33-29-/t32-/m1/s1. The van der Waals surface area contributed by atoms with Crippen LogP contribution in [-0.4, -0.2) is 30.2 Å². The van der Waals surface area contributed by atoms with Crippen molar-refractivity contribution in [3.8, 4) is 5.75 Å². The second-order valence-electron chi connectivity index (χ2n) is 10.9. The molecule has 2 aliphatic heterocycles. The summed E-state index contributed by atoms with van der Waals surface area (Å²) in [6, 6.07) is 31.1. The van der Waals surface area contributed by atoms with Crippen LogP contribution in [0.15, 0.2) is 123 Å². The van der Waals surface area contributed by atoms with Crippen LogP contribution in [0.5, 0.6) is 5.75 Å². The first-order valence-electron chi connectivity index (χ1n) is 15.0. The zero-order chi connectivity index (χ0) is 32.7. The van der Waals surface area contributed by atoms with E-state index in [1.165, 1.54) is 4.57 Å². The fourth-order valence-electron chi connectivity index (χ4n) is 6.06. The number of nitrogens with zero attached hydrogens (tertiary/aromatic N) is 3. The number of methoxy groups -OCH3 is 1. The summed E-state index contributed by atoms with van der Waals surface area (Å²) in [6.07, 6.45) is 0. The molecule has 10 heteroatoms. The molecule has 7 rings (SSSR count). The molecule has 0 saturated heterocycles. The van der Waals surface area contributed by atoms with E-state index < -0.39 is 17.6 Å². The summed E-state index contributed by atoms with van der Waals surface area (Å²) in [5.41, 5.74) is 4.16. The maximum Gasteiger partial charge on any atom is 0.338 e. The molecule has 0 unspecified atom stereocenters. The van der Waals surface area contributed by atoms with Gasteiger partial charge in [0.15, 0.2) is 4.80 Å². The average molecular weight is 707 g/mol. The van der Waals surface area contributed by atoms with Crippen molar-refractivity contribution >= 4 is 56.1 Å². The van der Waals surface area contributed by atoms with E-state index in [0.717, 1.165) is 21.4 Å². The molecule has 0 N–H and O–H groups in total. The molecule has 5 aromatic rings. The molecule has 0 radical (unpaired) electrons. The smallest absolute Gasteiger partial charge is 0.338 e. The van der Waals surface area contributed by atoms with Crippen molar-refractivity contribution in [2.75, 3.05) is 18.6 Å². The van der Waals surface area contributed by atoms with Gasteiger partial charge in [-0.05, 0) is 48.4 Å². The first kappa shape index (κ1) is 30.6. The number of hydrogen-bond donors (Lipinski definition) is 0. The Bertz CT molecular complexity index is 2260. The van der Waals surface area contributed by atoms with E-state index in [1.807, 2.05) is 91.0 Å². The van der Waals surface area contributed by atoms with Crippen LogP contribution in [0.2, 0.25) is 0 Å². The third-order valence-corrected chi connectivity index (χ3v) is 9.69. The number of benzene rings is 4. The molecular formula is C37H28BrN3O5S. The number of halogens is 1. The number of anilines is 1. The highest BCUT2D eigenvalue weighted by Crippen LogP contribution is 2.39. The van der Waals surface area contributed by atoms with Crippen molar-refractivity contribution in [1.29, 1.82) is 0 Å². The molecule has 8 nitrogen and oxygen atoms in total. The summed E-state index contributed by atoms with van der Waals surface area (Å²) >= 11 is 4.70. The first-order valence-corrected chi connectivity index (χ1v) is 16.6. The van der Waals surface area contributed by atoms with Crippen LogP contribution in [0.1, 0.15) is 35.2 Å². The van der Waals surface area contributed by atoms with Gasteiger partial charge in [0.2, 0.25) is 0 Å². The molecule has 1 amide bonds. The predicted octanol–water partition coefficient (Wildman–Crippen LogP) is 5.62. The summed E-state index contributed by atoms with van der Waals surface area (Å²) in [7, 11) is 1.56. The van der Waals surface area contributed by atoms with Gasteiger partial charge < -0.3 is 14.4 Å². The lowest BCUT2D eigenvalue weighted by Gasteiger charge is -2.26. The van der Waals surface area contributed by atoms with Gasteiger partial charge in [-0.3, -0.25) is 14.2 Å². The quantitative estimate of drug-likeness (QED) is 0.205. The monoisotopic (exact) mass is 705 g/mol. The lowest BCUT2D eigenvalue weighted by atomic mass is 9.93. The van der Waals surface area contributed by atoms with Gasteiger partial charge in [-0.1, -0.05) is 100 Å². The fourth-order valence-corrected chi connectivity index (χ4v) is 7.52. The lowest BCUT2D eigenvalue weighted by molar-refractivity contribution is -0.138. The Balaban J connectivity index is 1.53. The summed E-state index contributed by atoms with van der Waals surface area (Å²) < 4.78 is 13.6. The number of thiazole rings is 1. The maximum absolute atomic E-state index is 14.7. The van der Waals surface area contributed by atoms with Gasteiger partial charge >= 0.3 is 5.97 Å². The largest absolute Gasteiger partial charge is 0.497 e. The minimum Gasteiger partial charge on any atom is -0.497 e. The number of amides is 1. The van der Waals surface area contributed by atoms with E-state index in [0.29, 0.717) is 50.7 Å². The molecule has 4 aromatic carbocycles. The highest BCUT2D eigenvalue weighted by atomic mass is 79.9. The molecule has 1 aromatic heterocycles. The van der Waals surface area contributed by atoms with E-state index in [2.05, 4.69) is 15.9 Å². The molecule has 0 saturated carbocycles. The maximum atomic E-state index is 14.7. The Labute approximate surface area is 282 Å². The first-order chi connectivity index (χ1) is 22.9. The van der Waals surface area contributed by atoms with E-state index in [4.69, 9.17) is 14.5 Å². The number of fused-ring (bicyclic) bond motifs is 2. The van der Waals surface area contributed by atoms with Crippen LogP contribution in [0.25, 0.3) is 11.3 Å². The Morgan fingerprint density at radius 3 is 2.40 bits per heavy atom. The number of hydrogen-bond acceptors (Lipinski definition) is 7. The van der Waals surface area contributed by atoms with Gasteiger partial charge in [-0.25, -0.2) is 9.79 Å². The highest BCUT2D eigenvalue weighted by molar-refractivity contribution is 9.10. The number of ether oxygens (including phenoxy) is 2. The summed E-state index contributed by atoms with van der Waals surface area (Å²) in [4.78, 5) is 49.9. The summed E-state index contributed by atoms with van der Waals surface area (Å²) in [5.74, 6) is -0.297. The molecule has 0 fully saturated rings. The summed E-state index contributed by atoms with van der Waals surface area (Å²) in [5, 5.41) is 0. The molecule has 2 aliphatic rings. The van der Waals surface area contributed by atoms with Crippen LogP contribution in [-0.2, 0) is 20.9 Å². The zero-order valence-corrected chi connectivity index (χ0v) is 27.9. The fraction of sp³-hybridized carbons (Fsp3) is 0.135. The van der Waals surface area contributed by atoms with Crippen molar-refractivity contribution in [2.24, 2.45) is 4.99 Å². The van der Waals surface area contributed by atoms with Crippen molar-refractivity contribution in [1.82, 2.24) is 4.57 Å². The molecule has 234 valence electrons. The third kappa shape index (κ3) is 5.43. The lowest BCUT2D eigenvalue weighted by Crippen LogP contribution is -2.41. The van der Waals surface area contributed by atoms with Gasteiger partial charge in [0.05, 0.1) is 48.8 Å². The van der Waals surface area contributed by atoms with Crippen molar-refractivity contribution in [3.05, 3.63) is 155 Å². The number of carbonyl (C=O) groups excluding carboxylic acids is 2. The van der Waals surface area contributed by atoms with Gasteiger partial charge in [0.1, 0.15) is 10.3 Å². The van der Waals surface area contributed by atoms with Crippen LogP contribution < -0.4 is 24.5 Å². The van der Waals surface area contributed by atoms with E-state index in [1.54, 1.807) is 31.1 Å². The Morgan fingerprint density at radius 2 is 1.68 bits per heavy atom. The van der Waals surface area contributed by atoms with Crippen LogP contribution in [0.3, 0.4) is 0 Å². The number of esters is 1. The van der Waals surface area contributed by atoms with Crippen molar-refractivity contribution in [3.63, 3.8) is 0 Å². The van der Waals surface area contributed by atoms with Gasteiger partial charge in [-0.15, -0.1) is 0 Å². The zero-order valence-electron chi connectivity index (χ0n) is 25.5. The van der Waals surface area contributed by atoms with Crippen molar-refractivity contribution < 1.29 is 19.1 Å². The minimum atomic E-state index is -0.899. The Morgan fingerprint density at radius 1 is 0.936 bits per heavy atom. The van der Waals surface area contributed by atoms with Crippen molar-refractivity contribution in [2.45, 2.75) is 19.5 Å². The van der Waals surface area contributed by atoms with Gasteiger partial charge in [0, 0.05) is 15.6 Å². The normalized spacial score (nSPS) is 16.4. The molecule has 3 heterocycles. The van der Waals surface area contributed by atoms with Crippen LogP contribution >= 0.6 is 27.3 Å². The Hall–Kier alpha value is -5.06. The molecule has 0 spiro atoms. The second kappa shape index (κ2) is 12.6. The predicted molar refractivity (Wildman–Crippen MR) is 185 cm³/mol. The van der Waals surface area contributed by atoms with Gasteiger partial charge in [0.25, 0.3) is 11.5 Å². The number of aromatic nitrogens is 1. The second-order valence-corrected chi connectivity index (χ2v) is 12.8. The molecule has 47 heavy (non-hydrogen) atoms. The average Bonchev–Trinajstić information content (AvgIpc) is 3.56. The Kier molecular flexibility index (Phi) is 8.21. The number of rotatable bonds is 7. The van der Waals surface area contributed by atoms with Gasteiger partial charge in [-0.2, -0.15) is 0 Å². The highest BCUT2D eigenvalue weighted by Gasteiger charge is 2.38. The molecule has 0 aliphatic carbocycles. The van der Waals surface area contributed by atoms with Crippen LogP contribution in [0, 0.1) is 0 Å². The van der Waals surface area contributed by atoms with E-state index in [9.17, 15) is 14.4 Å².